The Balaban J connectivity index is 1.38. The summed E-state index contributed by atoms with van der Waals surface area (Å²) in [6, 6.07) is 15.8. The van der Waals surface area contributed by atoms with E-state index in [0.717, 1.165) is 28.0 Å². The Morgan fingerprint density at radius 3 is 2.47 bits per heavy atom. The van der Waals surface area contributed by atoms with E-state index in [4.69, 9.17) is 18.9 Å². The number of carbonyl (C=O) groups excluding carboxylic acids is 1. The number of Topliss-reactive ketones (excluding diaryl/α,β-unsaturated/α-hetero) is 1. The summed E-state index contributed by atoms with van der Waals surface area (Å²) in [6.45, 7) is 5.78. The minimum absolute atomic E-state index is 0.0986. The molecule has 3 aromatic rings. The minimum Gasteiger partial charge on any atom is -0.493 e. The first-order valence-corrected chi connectivity index (χ1v) is 11.2. The van der Waals surface area contributed by atoms with Crippen molar-refractivity contribution in [2.24, 2.45) is 0 Å². The Labute approximate surface area is 199 Å². The minimum atomic E-state index is -0.0986. The molecular weight excluding hydrogens is 430 g/mol. The van der Waals surface area contributed by atoms with Crippen LogP contribution in [0.2, 0.25) is 0 Å². The van der Waals surface area contributed by atoms with Crippen molar-refractivity contribution in [3.63, 3.8) is 0 Å². The van der Waals surface area contributed by atoms with Crippen molar-refractivity contribution in [3.8, 4) is 23.0 Å². The van der Waals surface area contributed by atoms with Crippen molar-refractivity contribution in [1.29, 1.82) is 0 Å². The molecule has 0 aromatic heterocycles. The van der Waals surface area contributed by atoms with Gasteiger partial charge >= 0.3 is 0 Å². The van der Waals surface area contributed by atoms with E-state index in [0.29, 0.717) is 48.4 Å². The molecule has 0 saturated carbocycles. The molecule has 2 aliphatic heterocycles. The molecule has 6 heteroatoms. The zero-order valence-electron chi connectivity index (χ0n) is 19.8. The lowest BCUT2D eigenvalue weighted by Crippen LogP contribution is -2.32. The van der Waals surface area contributed by atoms with Gasteiger partial charge in [-0.05, 0) is 49.2 Å². The number of hydrogen-bond donors (Lipinski definition) is 0. The molecule has 3 aromatic carbocycles. The van der Waals surface area contributed by atoms with Crippen LogP contribution < -0.4 is 18.9 Å². The lowest BCUT2D eigenvalue weighted by Gasteiger charge is -2.30. The van der Waals surface area contributed by atoms with Gasteiger partial charge in [-0.2, -0.15) is 0 Å². The van der Waals surface area contributed by atoms with Gasteiger partial charge in [-0.15, -0.1) is 0 Å². The Morgan fingerprint density at radius 2 is 1.74 bits per heavy atom. The van der Waals surface area contributed by atoms with Crippen LogP contribution in [-0.2, 0) is 13.1 Å². The van der Waals surface area contributed by atoms with Gasteiger partial charge in [0.05, 0.1) is 19.8 Å². The summed E-state index contributed by atoms with van der Waals surface area (Å²) in [5.41, 5.74) is 5.62. The highest BCUT2D eigenvalue weighted by atomic mass is 16.5. The quantitative estimate of drug-likeness (QED) is 0.486. The van der Waals surface area contributed by atoms with E-state index in [1.807, 2.05) is 62.4 Å². The number of ether oxygens (including phenoxy) is 4. The molecule has 0 amide bonds. The maximum absolute atomic E-state index is 13.1. The number of ketones is 1. The van der Waals surface area contributed by atoms with Crippen LogP contribution in [0.5, 0.6) is 23.0 Å². The number of nitrogens with zero attached hydrogens (tertiary/aromatic N) is 1. The van der Waals surface area contributed by atoms with E-state index in [-0.39, 0.29) is 5.78 Å². The molecule has 0 unspecified atom stereocenters. The number of allylic oxidation sites excluding steroid dienone is 1. The lowest BCUT2D eigenvalue weighted by molar-refractivity contribution is 0.0876. The second kappa shape index (κ2) is 8.88. The van der Waals surface area contributed by atoms with E-state index in [2.05, 4.69) is 4.90 Å². The van der Waals surface area contributed by atoms with Crippen molar-refractivity contribution in [2.45, 2.75) is 26.9 Å². The molecule has 0 radical (unpaired) electrons. The highest BCUT2D eigenvalue weighted by Gasteiger charge is 2.33. The fraction of sp³-hybridized carbons (Fsp3) is 0.250. The second-order valence-corrected chi connectivity index (χ2v) is 8.67. The van der Waals surface area contributed by atoms with Crippen LogP contribution in [0.4, 0.5) is 0 Å². The van der Waals surface area contributed by atoms with Crippen LogP contribution in [0.25, 0.3) is 6.08 Å². The predicted octanol–water partition coefficient (Wildman–Crippen LogP) is 5.29. The summed E-state index contributed by atoms with van der Waals surface area (Å²) in [6.07, 6.45) is 1.80. The molecule has 0 aliphatic carbocycles. The van der Waals surface area contributed by atoms with Gasteiger partial charge in [-0.1, -0.05) is 35.9 Å². The summed E-state index contributed by atoms with van der Waals surface area (Å²) in [7, 11) is 3.26. The first-order chi connectivity index (χ1) is 16.5. The summed E-state index contributed by atoms with van der Waals surface area (Å²) < 4.78 is 22.9. The zero-order valence-corrected chi connectivity index (χ0v) is 19.8. The molecule has 5 rings (SSSR count). The van der Waals surface area contributed by atoms with Crippen LogP contribution in [-0.4, -0.2) is 31.6 Å². The molecule has 0 N–H and O–H groups in total. The summed E-state index contributed by atoms with van der Waals surface area (Å²) in [4.78, 5) is 15.3. The highest BCUT2D eigenvalue weighted by molar-refractivity contribution is 6.15. The zero-order chi connectivity index (χ0) is 23.8. The normalized spacial score (nSPS) is 16.0. The maximum Gasteiger partial charge on any atom is 0.231 e. The molecule has 0 atom stereocenters. The summed E-state index contributed by atoms with van der Waals surface area (Å²) in [5, 5.41) is 0. The summed E-state index contributed by atoms with van der Waals surface area (Å²) >= 11 is 0. The molecule has 0 saturated heterocycles. The molecule has 0 bridgehead atoms. The van der Waals surface area contributed by atoms with Gasteiger partial charge in [0, 0.05) is 24.2 Å². The topological polar surface area (TPSA) is 57.2 Å². The second-order valence-electron chi connectivity index (χ2n) is 8.67. The summed E-state index contributed by atoms with van der Waals surface area (Å²) in [5.74, 6) is 3.03. The van der Waals surface area contributed by atoms with Gasteiger partial charge < -0.3 is 18.9 Å². The van der Waals surface area contributed by atoms with Crippen LogP contribution in [0, 0.1) is 13.8 Å². The van der Waals surface area contributed by atoms with E-state index < -0.39 is 0 Å². The number of carbonyl (C=O) groups is 1. The van der Waals surface area contributed by atoms with E-state index in [1.165, 1.54) is 5.56 Å². The molecule has 174 valence electrons. The van der Waals surface area contributed by atoms with Crippen LogP contribution in [0.3, 0.4) is 0 Å². The fourth-order valence-corrected chi connectivity index (χ4v) is 4.45. The SMILES string of the molecule is COc1ccc(CN2COc3c(cc4c(c3C)O/C(=C\c3ccc(C)cc3)C4=O)C2)cc1OC. The average molecular weight is 458 g/mol. The maximum atomic E-state index is 13.1. The van der Waals surface area contributed by atoms with Crippen molar-refractivity contribution >= 4 is 11.9 Å². The molecule has 0 fully saturated rings. The predicted molar refractivity (Wildman–Crippen MR) is 130 cm³/mol. The van der Waals surface area contributed by atoms with Crippen LogP contribution in [0.1, 0.15) is 38.2 Å². The Kier molecular flexibility index (Phi) is 5.75. The van der Waals surface area contributed by atoms with Crippen molar-refractivity contribution in [1.82, 2.24) is 4.90 Å². The molecule has 2 heterocycles. The van der Waals surface area contributed by atoms with Gasteiger partial charge in [-0.25, -0.2) is 0 Å². The number of rotatable bonds is 5. The van der Waals surface area contributed by atoms with Crippen LogP contribution >= 0.6 is 0 Å². The third-order valence-corrected chi connectivity index (χ3v) is 6.23. The van der Waals surface area contributed by atoms with Crippen LogP contribution in [0.15, 0.2) is 54.3 Å². The van der Waals surface area contributed by atoms with Crippen molar-refractivity contribution in [3.05, 3.63) is 87.7 Å². The van der Waals surface area contributed by atoms with Gasteiger partial charge in [0.25, 0.3) is 0 Å². The lowest BCUT2D eigenvalue weighted by atomic mass is 9.99. The van der Waals surface area contributed by atoms with E-state index >= 15 is 0 Å². The number of fused-ring (bicyclic) bond motifs is 2. The Hall–Kier alpha value is -3.77. The number of hydrogen-bond acceptors (Lipinski definition) is 6. The third-order valence-electron chi connectivity index (χ3n) is 6.23. The first-order valence-electron chi connectivity index (χ1n) is 11.2. The monoisotopic (exact) mass is 457 g/mol. The first kappa shape index (κ1) is 22.0. The smallest absolute Gasteiger partial charge is 0.231 e. The number of benzene rings is 3. The largest absolute Gasteiger partial charge is 0.493 e. The Bertz CT molecular complexity index is 1290. The Morgan fingerprint density at radius 1 is 0.971 bits per heavy atom. The fourth-order valence-electron chi connectivity index (χ4n) is 4.45. The van der Waals surface area contributed by atoms with Gasteiger partial charge in [-0.3, -0.25) is 9.69 Å². The van der Waals surface area contributed by atoms with Gasteiger partial charge in [0.1, 0.15) is 18.2 Å². The molecule has 0 spiro atoms. The molecule has 6 nitrogen and oxygen atoms in total. The standard InChI is InChI=1S/C28H27NO5/c1-17-5-7-19(8-6-17)11-25-26(30)22-13-21-15-29(16-33-27(21)18(2)28(22)34-25)14-20-9-10-23(31-3)24(12-20)32-4/h5-13H,14-16H2,1-4H3/b25-11-. The van der Waals surface area contributed by atoms with Gasteiger partial charge in [0.15, 0.2) is 17.3 Å². The number of aryl methyl sites for hydroxylation is 1. The van der Waals surface area contributed by atoms with Gasteiger partial charge in [0.2, 0.25) is 5.78 Å². The number of methoxy groups -OCH3 is 2. The average Bonchev–Trinajstić information content (AvgIpc) is 3.16. The van der Waals surface area contributed by atoms with Crippen molar-refractivity contribution in [2.75, 3.05) is 21.0 Å². The molecular formula is C28H27NO5. The molecule has 2 aliphatic rings. The third kappa shape index (κ3) is 4.01. The van der Waals surface area contributed by atoms with E-state index in [1.54, 1.807) is 20.3 Å². The molecule has 34 heavy (non-hydrogen) atoms. The van der Waals surface area contributed by atoms with E-state index in [9.17, 15) is 4.79 Å². The highest BCUT2D eigenvalue weighted by Crippen LogP contribution is 2.43. The van der Waals surface area contributed by atoms with Crippen molar-refractivity contribution < 1.29 is 23.7 Å².